The molecule has 11 nitrogen and oxygen atoms in total. The number of aryl methyl sites for hydroxylation is 1. The van der Waals surface area contributed by atoms with Gasteiger partial charge in [-0.3, -0.25) is 4.79 Å². The van der Waals surface area contributed by atoms with E-state index >= 15 is 0 Å². The van der Waals surface area contributed by atoms with Crippen LogP contribution in [0.15, 0.2) is 30.3 Å². The molecule has 40 heavy (non-hydrogen) atoms. The second-order valence-electron chi connectivity index (χ2n) is 10.9. The molecule has 3 saturated heterocycles. The van der Waals surface area contributed by atoms with Crippen LogP contribution in [0.4, 0.5) is 17.5 Å². The van der Waals surface area contributed by atoms with E-state index in [2.05, 4.69) is 50.1 Å². The summed E-state index contributed by atoms with van der Waals surface area (Å²) in [6.45, 7) is 8.06. The number of hydrogen-bond donors (Lipinski definition) is 1. The fourth-order valence-electron chi connectivity index (χ4n) is 6.10. The van der Waals surface area contributed by atoms with E-state index in [0.717, 1.165) is 97.2 Å². The van der Waals surface area contributed by atoms with Gasteiger partial charge in [-0.25, -0.2) is 15.0 Å². The molecule has 1 unspecified atom stereocenters. The van der Waals surface area contributed by atoms with Crippen molar-refractivity contribution in [2.45, 2.75) is 38.6 Å². The first-order chi connectivity index (χ1) is 19.6. The molecule has 1 aromatic carbocycles. The number of amides is 1. The van der Waals surface area contributed by atoms with Crippen LogP contribution in [-0.4, -0.2) is 83.5 Å². The molecule has 4 aromatic rings. The summed E-state index contributed by atoms with van der Waals surface area (Å²) in [6.07, 6.45) is 4.29. The maximum absolute atomic E-state index is 12.7. The maximum Gasteiger partial charge on any atom is 0.288 e. The SMILES string of the molecule is CNC(=O)c1nc(N2CCCCC2c2cc3nc(N4CCC4)cc(N4CCOCC4)n3n2)c2c(C)cccc2n1. The fraction of sp³-hybridized carbons (Fsp3) is 0.483. The predicted molar refractivity (Wildman–Crippen MR) is 154 cm³/mol. The Morgan fingerprint density at radius 2 is 1.82 bits per heavy atom. The standard InChI is InChI=1S/C29H35N9O2/c1-19-7-5-8-20-26(19)28(33-27(31-20)29(39)30-2)37-12-4-3-9-22(37)21-17-24-32-23(35-10-6-11-35)18-25(38(24)34-21)36-13-15-40-16-14-36/h5,7-8,17-18,22H,3-4,6,9-16H2,1-2H3,(H,30,39). The largest absolute Gasteiger partial charge is 0.378 e. The van der Waals surface area contributed by atoms with Gasteiger partial charge in [-0.1, -0.05) is 12.1 Å². The number of fused-ring (bicyclic) bond motifs is 2. The third kappa shape index (κ3) is 4.28. The zero-order valence-electron chi connectivity index (χ0n) is 23.1. The molecule has 3 fully saturated rings. The second-order valence-corrected chi connectivity index (χ2v) is 10.9. The molecule has 3 aromatic heterocycles. The van der Waals surface area contributed by atoms with Gasteiger partial charge in [0.25, 0.3) is 5.91 Å². The molecule has 7 rings (SSSR count). The monoisotopic (exact) mass is 541 g/mol. The number of aromatic nitrogens is 5. The van der Waals surface area contributed by atoms with E-state index < -0.39 is 0 Å². The highest BCUT2D eigenvalue weighted by molar-refractivity contribution is 5.98. The summed E-state index contributed by atoms with van der Waals surface area (Å²) in [6, 6.07) is 10.4. The molecular weight excluding hydrogens is 506 g/mol. The number of carbonyl (C=O) groups excluding carboxylic acids is 1. The minimum absolute atomic E-state index is 0.00990. The Morgan fingerprint density at radius 1 is 0.975 bits per heavy atom. The summed E-state index contributed by atoms with van der Waals surface area (Å²) in [5.41, 5.74) is 3.70. The van der Waals surface area contributed by atoms with E-state index in [4.69, 9.17) is 19.8 Å². The average Bonchev–Trinajstić information content (AvgIpc) is 3.39. The van der Waals surface area contributed by atoms with E-state index in [0.29, 0.717) is 13.2 Å². The van der Waals surface area contributed by atoms with Crippen LogP contribution >= 0.6 is 0 Å². The highest BCUT2D eigenvalue weighted by Gasteiger charge is 2.31. The number of piperidine rings is 1. The van der Waals surface area contributed by atoms with Crippen LogP contribution in [0.2, 0.25) is 0 Å². The van der Waals surface area contributed by atoms with Gasteiger partial charge in [0.2, 0.25) is 5.82 Å². The fourth-order valence-corrected chi connectivity index (χ4v) is 6.10. The lowest BCUT2D eigenvalue weighted by atomic mass is 9.98. The van der Waals surface area contributed by atoms with Gasteiger partial charge in [-0.05, 0) is 44.2 Å². The lowest BCUT2D eigenvalue weighted by Gasteiger charge is -2.36. The Kier molecular flexibility index (Phi) is 6.38. The minimum Gasteiger partial charge on any atom is -0.378 e. The number of morpholine rings is 1. The van der Waals surface area contributed by atoms with Crippen molar-refractivity contribution in [1.29, 1.82) is 0 Å². The minimum atomic E-state index is -0.288. The lowest BCUT2D eigenvalue weighted by Crippen LogP contribution is -2.40. The van der Waals surface area contributed by atoms with Crippen molar-refractivity contribution in [3.8, 4) is 0 Å². The molecule has 11 heteroatoms. The van der Waals surface area contributed by atoms with Gasteiger partial charge >= 0.3 is 0 Å². The van der Waals surface area contributed by atoms with Crippen molar-refractivity contribution in [2.75, 3.05) is 67.7 Å². The Morgan fingerprint density at radius 3 is 2.60 bits per heavy atom. The van der Waals surface area contributed by atoms with Crippen LogP contribution < -0.4 is 20.0 Å². The summed E-state index contributed by atoms with van der Waals surface area (Å²) in [5, 5.41) is 8.87. The number of rotatable bonds is 5. The average molecular weight is 542 g/mol. The van der Waals surface area contributed by atoms with E-state index in [9.17, 15) is 4.79 Å². The maximum atomic E-state index is 12.7. The summed E-state index contributed by atoms with van der Waals surface area (Å²) >= 11 is 0. The molecule has 1 N–H and O–H groups in total. The summed E-state index contributed by atoms with van der Waals surface area (Å²) < 4.78 is 7.65. The molecule has 1 atom stereocenters. The van der Waals surface area contributed by atoms with Gasteiger partial charge in [0.15, 0.2) is 5.65 Å². The van der Waals surface area contributed by atoms with Crippen molar-refractivity contribution in [3.63, 3.8) is 0 Å². The van der Waals surface area contributed by atoms with E-state index in [1.165, 1.54) is 6.42 Å². The quantitative estimate of drug-likeness (QED) is 0.408. The number of ether oxygens (including phenoxy) is 1. The smallest absolute Gasteiger partial charge is 0.288 e. The molecular formula is C29H35N9O2. The molecule has 3 aliphatic heterocycles. The van der Waals surface area contributed by atoms with E-state index in [1.807, 2.05) is 16.6 Å². The van der Waals surface area contributed by atoms with Gasteiger partial charge in [0, 0.05) is 57.3 Å². The molecule has 6 heterocycles. The van der Waals surface area contributed by atoms with Crippen LogP contribution in [0.3, 0.4) is 0 Å². The normalized spacial score (nSPS) is 19.8. The van der Waals surface area contributed by atoms with Crippen LogP contribution in [0.1, 0.15) is 53.6 Å². The van der Waals surface area contributed by atoms with Crippen molar-refractivity contribution in [3.05, 3.63) is 47.4 Å². The van der Waals surface area contributed by atoms with Crippen LogP contribution in [0.5, 0.6) is 0 Å². The number of carbonyl (C=O) groups is 1. The highest BCUT2D eigenvalue weighted by atomic mass is 16.5. The molecule has 208 valence electrons. The van der Waals surface area contributed by atoms with E-state index in [1.54, 1.807) is 7.05 Å². The number of benzene rings is 1. The Labute approximate surface area is 233 Å². The number of hydrogen-bond acceptors (Lipinski definition) is 9. The summed E-state index contributed by atoms with van der Waals surface area (Å²) in [4.78, 5) is 34.2. The molecule has 1 amide bonds. The van der Waals surface area contributed by atoms with Crippen LogP contribution in [-0.2, 0) is 4.74 Å². The number of anilines is 3. The predicted octanol–water partition coefficient (Wildman–Crippen LogP) is 3.12. The van der Waals surface area contributed by atoms with Crippen molar-refractivity contribution in [1.82, 2.24) is 29.9 Å². The van der Waals surface area contributed by atoms with Crippen molar-refractivity contribution >= 4 is 39.9 Å². The Hall–Kier alpha value is -3.99. The van der Waals surface area contributed by atoms with Gasteiger partial charge < -0.3 is 24.8 Å². The lowest BCUT2D eigenvalue weighted by molar-refractivity contribution is 0.0953. The van der Waals surface area contributed by atoms with E-state index in [-0.39, 0.29) is 17.8 Å². The molecule has 0 spiro atoms. The van der Waals surface area contributed by atoms with Crippen LogP contribution in [0, 0.1) is 6.92 Å². The second kappa shape index (κ2) is 10.2. The number of nitrogens with one attached hydrogen (secondary N) is 1. The highest BCUT2D eigenvalue weighted by Crippen LogP contribution is 2.38. The van der Waals surface area contributed by atoms with Crippen molar-refractivity contribution in [2.24, 2.45) is 0 Å². The van der Waals surface area contributed by atoms with Gasteiger partial charge in [-0.2, -0.15) is 9.61 Å². The van der Waals surface area contributed by atoms with Gasteiger partial charge in [-0.15, -0.1) is 0 Å². The Balaban J connectivity index is 1.35. The first kappa shape index (κ1) is 25.0. The third-order valence-corrected chi connectivity index (χ3v) is 8.39. The summed E-state index contributed by atoms with van der Waals surface area (Å²) in [7, 11) is 1.61. The topological polar surface area (TPSA) is 104 Å². The molecule has 0 radical (unpaired) electrons. The Bertz CT molecular complexity index is 1580. The van der Waals surface area contributed by atoms with Crippen molar-refractivity contribution < 1.29 is 9.53 Å². The molecule has 0 aliphatic carbocycles. The van der Waals surface area contributed by atoms with Gasteiger partial charge in [0.05, 0.1) is 30.5 Å². The third-order valence-electron chi connectivity index (χ3n) is 8.39. The van der Waals surface area contributed by atoms with Gasteiger partial charge in [0.1, 0.15) is 17.5 Å². The molecule has 0 saturated carbocycles. The molecule has 0 bridgehead atoms. The zero-order valence-corrected chi connectivity index (χ0v) is 23.1. The molecule has 3 aliphatic rings. The summed E-state index contributed by atoms with van der Waals surface area (Å²) in [5.74, 6) is 2.77. The zero-order chi connectivity index (χ0) is 27.2. The number of nitrogens with zero attached hydrogens (tertiary/aromatic N) is 8. The first-order valence-corrected chi connectivity index (χ1v) is 14.3. The van der Waals surface area contributed by atoms with Crippen LogP contribution in [0.25, 0.3) is 16.6 Å². The first-order valence-electron chi connectivity index (χ1n) is 14.3.